The van der Waals surface area contributed by atoms with Gasteiger partial charge in [0.15, 0.2) is 11.3 Å². The molecule has 1 aliphatic rings. The molecule has 3 aromatic rings. The lowest BCUT2D eigenvalue weighted by Crippen LogP contribution is -2.48. The molecular weight excluding hydrogens is 374 g/mol. The lowest BCUT2D eigenvalue weighted by atomic mass is 10.2. The van der Waals surface area contributed by atoms with Crippen LogP contribution in [0.4, 0.5) is 0 Å². The molecule has 0 saturated carbocycles. The minimum atomic E-state index is -0.0648. The zero-order valence-electron chi connectivity index (χ0n) is 12.9. The van der Waals surface area contributed by atoms with Crippen molar-refractivity contribution in [3.8, 4) is 0 Å². The number of aromatic nitrogens is 3. The Hall–Kier alpha value is -2.19. The van der Waals surface area contributed by atoms with Gasteiger partial charge in [0.05, 0.1) is 17.3 Å². The second-order valence-electron chi connectivity index (χ2n) is 5.70. The van der Waals surface area contributed by atoms with Crippen molar-refractivity contribution in [1.29, 1.82) is 0 Å². The van der Waals surface area contributed by atoms with Crippen LogP contribution in [0.2, 0.25) is 0 Å². The van der Waals surface area contributed by atoms with Gasteiger partial charge in [-0.25, -0.2) is 9.50 Å². The molecule has 0 atom stereocenters. The van der Waals surface area contributed by atoms with E-state index in [9.17, 15) is 4.79 Å². The average molecular weight is 390 g/mol. The molecule has 3 aromatic heterocycles. The zero-order chi connectivity index (χ0) is 16.5. The molecule has 1 saturated heterocycles. The number of hydrogen-bond donors (Lipinski definition) is 0. The van der Waals surface area contributed by atoms with Gasteiger partial charge < -0.3 is 9.32 Å². The van der Waals surface area contributed by atoms with Gasteiger partial charge in [-0.1, -0.05) is 0 Å². The molecular formula is C16H16BrN5O2. The molecule has 0 radical (unpaired) electrons. The Kier molecular flexibility index (Phi) is 4.07. The Morgan fingerprint density at radius 2 is 2.08 bits per heavy atom. The van der Waals surface area contributed by atoms with Crippen LogP contribution < -0.4 is 0 Å². The Morgan fingerprint density at radius 3 is 2.79 bits per heavy atom. The molecule has 0 aliphatic carbocycles. The molecule has 8 heteroatoms. The molecule has 1 amide bonds. The van der Waals surface area contributed by atoms with Gasteiger partial charge in [-0.05, 0) is 34.1 Å². The number of furan rings is 1. The van der Waals surface area contributed by atoms with Crippen LogP contribution >= 0.6 is 15.9 Å². The average Bonchev–Trinajstić information content (AvgIpc) is 3.23. The number of fused-ring (bicyclic) bond motifs is 1. The maximum absolute atomic E-state index is 12.8. The molecule has 0 unspecified atom stereocenters. The van der Waals surface area contributed by atoms with E-state index in [1.54, 1.807) is 29.2 Å². The topological polar surface area (TPSA) is 66.9 Å². The van der Waals surface area contributed by atoms with Crippen LogP contribution in [0, 0.1) is 0 Å². The minimum absolute atomic E-state index is 0.0648. The summed E-state index contributed by atoms with van der Waals surface area (Å²) in [5, 5.41) is 4.35. The van der Waals surface area contributed by atoms with Gasteiger partial charge in [-0.2, -0.15) is 5.10 Å². The van der Waals surface area contributed by atoms with Crippen molar-refractivity contribution in [3.05, 3.63) is 52.8 Å². The molecule has 0 bridgehead atoms. The molecule has 0 spiro atoms. The molecule has 7 nitrogen and oxygen atoms in total. The van der Waals surface area contributed by atoms with E-state index in [-0.39, 0.29) is 5.91 Å². The number of nitrogens with zero attached hydrogens (tertiary/aromatic N) is 5. The van der Waals surface area contributed by atoms with E-state index in [1.807, 2.05) is 17.0 Å². The number of carbonyl (C=O) groups excluding carboxylic acids is 1. The maximum Gasteiger partial charge on any atom is 0.275 e. The summed E-state index contributed by atoms with van der Waals surface area (Å²) in [5.41, 5.74) is 1.06. The fraction of sp³-hybridized carbons (Fsp3) is 0.312. The quantitative estimate of drug-likeness (QED) is 0.685. The van der Waals surface area contributed by atoms with Gasteiger partial charge >= 0.3 is 0 Å². The van der Waals surface area contributed by atoms with Crippen molar-refractivity contribution in [3.63, 3.8) is 0 Å². The largest absolute Gasteiger partial charge is 0.468 e. The van der Waals surface area contributed by atoms with Crippen molar-refractivity contribution in [2.45, 2.75) is 6.54 Å². The van der Waals surface area contributed by atoms with E-state index < -0.39 is 0 Å². The fourth-order valence-corrected chi connectivity index (χ4v) is 3.41. The van der Waals surface area contributed by atoms with Crippen molar-refractivity contribution in [2.24, 2.45) is 0 Å². The molecule has 124 valence electrons. The van der Waals surface area contributed by atoms with Crippen LogP contribution in [0.5, 0.6) is 0 Å². The van der Waals surface area contributed by atoms with Gasteiger partial charge in [0.2, 0.25) is 0 Å². The smallest absolute Gasteiger partial charge is 0.275 e. The standard InChI is InChI=1S/C16H16BrN5O2/c17-13-14(19-22-5-2-4-18-15(13)22)16(23)21-8-6-20(7-9-21)11-12-3-1-10-24-12/h1-5,10H,6-9,11H2. The first-order chi connectivity index (χ1) is 11.7. The Morgan fingerprint density at radius 1 is 1.25 bits per heavy atom. The fourth-order valence-electron chi connectivity index (χ4n) is 2.88. The first-order valence-corrected chi connectivity index (χ1v) is 8.54. The third kappa shape index (κ3) is 2.83. The highest BCUT2D eigenvalue weighted by Gasteiger charge is 2.27. The predicted molar refractivity (Wildman–Crippen MR) is 90.6 cm³/mol. The van der Waals surface area contributed by atoms with Gasteiger partial charge in [0, 0.05) is 38.6 Å². The van der Waals surface area contributed by atoms with Gasteiger partial charge in [-0.3, -0.25) is 9.69 Å². The van der Waals surface area contributed by atoms with E-state index in [0.29, 0.717) is 28.9 Å². The summed E-state index contributed by atoms with van der Waals surface area (Å²) >= 11 is 3.45. The molecule has 4 heterocycles. The molecule has 0 N–H and O–H groups in total. The van der Waals surface area contributed by atoms with E-state index in [0.717, 1.165) is 25.4 Å². The SMILES string of the molecule is O=C(c1nn2cccnc2c1Br)N1CCN(Cc2ccco2)CC1. The summed E-state index contributed by atoms with van der Waals surface area (Å²) in [7, 11) is 0. The molecule has 24 heavy (non-hydrogen) atoms. The highest BCUT2D eigenvalue weighted by Crippen LogP contribution is 2.22. The summed E-state index contributed by atoms with van der Waals surface area (Å²) in [6, 6.07) is 5.65. The lowest BCUT2D eigenvalue weighted by Gasteiger charge is -2.33. The van der Waals surface area contributed by atoms with Crippen LogP contribution in [0.25, 0.3) is 5.65 Å². The van der Waals surface area contributed by atoms with Gasteiger partial charge in [-0.15, -0.1) is 0 Å². The second-order valence-corrected chi connectivity index (χ2v) is 6.49. The number of halogens is 1. The third-order valence-corrected chi connectivity index (χ3v) is 4.89. The number of amides is 1. The van der Waals surface area contributed by atoms with Gasteiger partial charge in [0.1, 0.15) is 5.76 Å². The molecule has 1 aliphatic heterocycles. The molecule has 4 rings (SSSR count). The summed E-state index contributed by atoms with van der Waals surface area (Å²) in [6.07, 6.45) is 5.15. The first kappa shape index (κ1) is 15.3. The van der Waals surface area contributed by atoms with E-state index in [1.165, 1.54) is 0 Å². The monoisotopic (exact) mass is 389 g/mol. The van der Waals surface area contributed by atoms with E-state index in [2.05, 4.69) is 30.9 Å². The third-order valence-electron chi connectivity index (χ3n) is 4.16. The van der Waals surface area contributed by atoms with Crippen LogP contribution in [0.3, 0.4) is 0 Å². The van der Waals surface area contributed by atoms with Crippen LogP contribution in [-0.4, -0.2) is 56.5 Å². The Bertz CT molecular complexity index is 853. The highest BCUT2D eigenvalue weighted by molar-refractivity contribution is 9.10. The van der Waals surface area contributed by atoms with Crippen molar-refractivity contribution < 1.29 is 9.21 Å². The lowest BCUT2D eigenvalue weighted by molar-refractivity contribution is 0.0613. The van der Waals surface area contributed by atoms with Crippen molar-refractivity contribution in [1.82, 2.24) is 24.4 Å². The number of carbonyl (C=O) groups is 1. The number of rotatable bonds is 3. The highest BCUT2D eigenvalue weighted by atomic mass is 79.9. The minimum Gasteiger partial charge on any atom is -0.468 e. The number of piperazine rings is 1. The first-order valence-electron chi connectivity index (χ1n) is 7.75. The molecule has 1 fully saturated rings. The van der Waals surface area contributed by atoms with E-state index >= 15 is 0 Å². The zero-order valence-corrected chi connectivity index (χ0v) is 14.5. The second kappa shape index (κ2) is 6.37. The van der Waals surface area contributed by atoms with Crippen molar-refractivity contribution in [2.75, 3.05) is 26.2 Å². The normalized spacial score (nSPS) is 16.0. The summed E-state index contributed by atoms with van der Waals surface area (Å²) < 4.78 is 7.64. The number of hydrogen-bond acceptors (Lipinski definition) is 5. The van der Waals surface area contributed by atoms with Crippen LogP contribution in [0.15, 0.2) is 45.7 Å². The maximum atomic E-state index is 12.8. The Labute approximate surface area is 147 Å². The van der Waals surface area contributed by atoms with Gasteiger partial charge in [0.25, 0.3) is 5.91 Å². The van der Waals surface area contributed by atoms with Crippen LogP contribution in [-0.2, 0) is 6.54 Å². The summed E-state index contributed by atoms with van der Waals surface area (Å²) in [4.78, 5) is 21.1. The van der Waals surface area contributed by atoms with Crippen molar-refractivity contribution >= 4 is 27.5 Å². The molecule has 0 aromatic carbocycles. The Balaban J connectivity index is 1.45. The van der Waals surface area contributed by atoms with Crippen LogP contribution in [0.1, 0.15) is 16.2 Å². The summed E-state index contributed by atoms with van der Waals surface area (Å²) in [5.74, 6) is 0.883. The van der Waals surface area contributed by atoms with E-state index in [4.69, 9.17) is 4.42 Å². The predicted octanol–water partition coefficient (Wildman–Crippen LogP) is 2.04. The summed E-state index contributed by atoms with van der Waals surface area (Å²) in [6.45, 7) is 3.75.